The highest BCUT2D eigenvalue weighted by atomic mass is 32.1. The monoisotopic (exact) mass is 455 g/mol. The first-order valence-corrected chi connectivity index (χ1v) is 10.6. The summed E-state index contributed by atoms with van der Waals surface area (Å²) in [6.45, 7) is 2.23. The van der Waals surface area contributed by atoms with E-state index in [2.05, 4.69) is 11.4 Å². The van der Waals surface area contributed by atoms with Crippen molar-refractivity contribution in [2.24, 2.45) is 0 Å². The molecule has 0 unspecified atom stereocenters. The van der Waals surface area contributed by atoms with Crippen LogP contribution in [0.2, 0.25) is 0 Å². The second-order valence-electron chi connectivity index (χ2n) is 7.46. The quantitative estimate of drug-likeness (QED) is 0.428. The standard InChI is InChI=1S/C26H21N3O3S/c1-17-4-3-5-21(12-17)29-25(30)23(28-26(29)33)14-19-8-11-24(31-2)20(13-19)16-32-22-9-6-18(15-27)7-10-22/h3-14H,16H2,1-2H3,(H,28,33)/b23-14+. The van der Waals surface area contributed by atoms with E-state index in [0.29, 0.717) is 27.9 Å². The summed E-state index contributed by atoms with van der Waals surface area (Å²) in [6, 6.07) is 22.2. The van der Waals surface area contributed by atoms with Crippen molar-refractivity contribution in [3.63, 3.8) is 0 Å². The molecule has 1 saturated heterocycles. The van der Waals surface area contributed by atoms with Gasteiger partial charge < -0.3 is 14.8 Å². The Morgan fingerprint density at radius 2 is 1.91 bits per heavy atom. The molecule has 0 aromatic heterocycles. The minimum Gasteiger partial charge on any atom is -0.496 e. The fraction of sp³-hybridized carbons (Fsp3) is 0.115. The van der Waals surface area contributed by atoms with Crippen molar-refractivity contribution in [3.05, 3.63) is 94.7 Å². The number of carbonyl (C=O) groups excluding carboxylic acids is 1. The number of carbonyl (C=O) groups is 1. The number of hydrogen-bond acceptors (Lipinski definition) is 5. The molecule has 1 N–H and O–H groups in total. The van der Waals surface area contributed by atoms with Gasteiger partial charge in [0, 0.05) is 5.56 Å². The molecule has 3 aromatic rings. The molecule has 0 atom stereocenters. The molecule has 33 heavy (non-hydrogen) atoms. The van der Waals surface area contributed by atoms with Crippen LogP contribution in [0.4, 0.5) is 5.69 Å². The van der Waals surface area contributed by atoms with Crippen LogP contribution >= 0.6 is 12.2 Å². The first kappa shape index (κ1) is 22.1. The lowest BCUT2D eigenvalue weighted by Gasteiger charge is -2.14. The molecule has 7 heteroatoms. The molecular weight excluding hydrogens is 434 g/mol. The molecule has 164 valence electrons. The van der Waals surface area contributed by atoms with Gasteiger partial charge >= 0.3 is 0 Å². The largest absolute Gasteiger partial charge is 0.496 e. The van der Waals surface area contributed by atoms with E-state index in [1.807, 2.05) is 49.4 Å². The van der Waals surface area contributed by atoms with Crippen molar-refractivity contribution in [2.45, 2.75) is 13.5 Å². The fourth-order valence-corrected chi connectivity index (χ4v) is 3.79. The lowest BCUT2D eigenvalue weighted by atomic mass is 10.1. The van der Waals surface area contributed by atoms with E-state index in [1.54, 1.807) is 37.5 Å². The highest BCUT2D eigenvalue weighted by Crippen LogP contribution is 2.26. The average Bonchev–Trinajstić information content (AvgIpc) is 3.10. The summed E-state index contributed by atoms with van der Waals surface area (Å²) in [5.41, 5.74) is 4.36. The Hall–Kier alpha value is -4.15. The van der Waals surface area contributed by atoms with Gasteiger partial charge in [0.15, 0.2) is 5.11 Å². The molecule has 1 aliphatic rings. The van der Waals surface area contributed by atoms with Gasteiger partial charge in [-0.2, -0.15) is 5.26 Å². The molecule has 0 bridgehead atoms. The maximum Gasteiger partial charge on any atom is 0.281 e. The first-order chi connectivity index (χ1) is 16.0. The zero-order chi connectivity index (χ0) is 23.4. The van der Waals surface area contributed by atoms with Gasteiger partial charge in [-0.1, -0.05) is 18.2 Å². The Morgan fingerprint density at radius 3 is 2.61 bits per heavy atom. The van der Waals surface area contributed by atoms with Crippen molar-refractivity contribution < 1.29 is 14.3 Å². The summed E-state index contributed by atoms with van der Waals surface area (Å²) in [6.07, 6.45) is 1.76. The molecular formula is C26H21N3O3S. The molecule has 1 aliphatic heterocycles. The SMILES string of the molecule is COc1ccc(/C=C2/NC(=S)N(c3cccc(C)c3)C2=O)cc1COc1ccc(C#N)cc1. The van der Waals surface area contributed by atoms with E-state index in [4.69, 9.17) is 27.0 Å². The summed E-state index contributed by atoms with van der Waals surface area (Å²) in [5.74, 6) is 1.11. The summed E-state index contributed by atoms with van der Waals surface area (Å²) < 4.78 is 11.3. The summed E-state index contributed by atoms with van der Waals surface area (Å²) in [5, 5.41) is 12.3. The van der Waals surface area contributed by atoms with Crippen molar-refractivity contribution in [1.82, 2.24) is 5.32 Å². The van der Waals surface area contributed by atoms with Gasteiger partial charge in [0.05, 0.1) is 24.4 Å². The number of rotatable bonds is 6. The summed E-state index contributed by atoms with van der Waals surface area (Å²) in [4.78, 5) is 14.5. The molecule has 4 rings (SSSR count). The minimum absolute atomic E-state index is 0.211. The van der Waals surface area contributed by atoms with Gasteiger partial charge in [0.2, 0.25) is 0 Å². The lowest BCUT2D eigenvalue weighted by molar-refractivity contribution is -0.113. The van der Waals surface area contributed by atoms with Crippen LogP contribution in [0.1, 0.15) is 22.3 Å². The van der Waals surface area contributed by atoms with Crippen LogP contribution in [0.25, 0.3) is 6.08 Å². The predicted molar refractivity (Wildman–Crippen MR) is 131 cm³/mol. The van der Waals surface area contributed by atoms with Gasteiger partial charge in [-0.25, -0.2) is 0 Å². The van der Waals surface area contributed by atoms with E-state index < -0.39 is 0 Å². The molecule has 0 saturated carbocycles. The number of hydrogen-bond donors (Lipinski definition) is 1. The molecule has 3 aromatic carbocycles. The number of anilines is 1. The third kappa shape index (κ3) is 4.86. The summed E-state index contributed by atoms with van der Waals surface area (Å²) >= 11 is 5.41. The zero-order valence-corrected chi connectivity index (χ0v) is 19.0. The van der Waals surface area contributed by atoms with Crippen LogP contribution < -0.4 is 19.7 Å². The molecule has 1 amide bonds. The number of benzene rings is 3. The van der Waals surface area contributed by atoms with Crippen molar-refractivity contribution in [3.8, 4) is 17.6 Å². The molecule has 1 heterocycles. The molecule has 6 nitrogen and oxygen atoms in total. The predicted octanol–water partition coefficient (Wildman–Crippen LogP) is 4.72. The third-order valence-electron chi connectivity index (χ3n) is 5.13. The fourth-order valence-electron chi connectivity index (χ4n) is 3.49. The maximum absolute atomic E-state index is 13.0. The highest BCUT2D eigenvalue weighted by molar-refractivity contribution is 7.80. The number of amides is 1. The topological polar surface area (TPSA) is 74.6 Å². The minimum atomic E-state index is -0.211. The van der Waals surface area contributed by atoms with E-state index in [0.717, 1.165) is 22.4 Å². The van der Waals surface area contributed by atoms with Crippen LogP contribution in [0, 0.1) is 18.3 Å². The zero-order valence-electron chi connectivity index (χ0n) is 18.2. The van der Waals surface area contributed by atoms with Crippen LogP contribution in [0.15, 0.2) is 72.4 Å². The third-order valence-corrected chi connectivity index (χ3v) is 5.42. The Balaban J connectivity index is 1.56. The van der Waals surface area contributed by atoms with Gasteiger partial charge in [-0.15, -0.1) is 0 Å². The number of nitrogens with zero attached hydrogens (tertiary/aromatic N) is 2. The maximum atomic E-state index is 13.0. The van der Waals surface area contributed by atoms with Crippen LogP contribution in [-0.2, 0) is 11.4 Å². The van der Waals surface area contributed by atoms with Crippen molar-refractivity contribution >= 4 is 35.0 Å². The van der Waals surface area contributed by atoms with Crippen LogP contribution in [-0.4, -0.2) is 18.1 Å². The van der Waals surface area contributed by atoms with Crippen LogP contribution in [0.3, 0.4) is 0 Å². The Kier molecular flexibility index (Phi) is 6.38. The normalized spacial score (nSPS) is 14.2. The number of aryl methyl sites for hydroxylation is 1. The molecule has 1 fully saturated rings. The van der Waals surface area contributed by atoms with Crippen LogP contribution in [0.5, 0.6) is 11.5 Å². The molecule has 0 radical (unpaired) electrons. The smallest absolute Gasteiger partial charge is 0.281 e. The number of methoxy groups -OCH3 is 1. The number of ether oxygens (including phenoxy) is 2. The molecule has 0 spiro atoms. The summed E-state index contributed by atoms with van der Waals surface area (Å²) in [7, 11) is 1.60. The van der Waals surface area contributed by atoms with Crippen molar-refractivity contribution in [1.29, 1.82) is 5.26 Å². The number of nitriles is 1. The Labute approximate surface area is 197 Å². The Bertz CT molecular complexity index is 1290. The second-order valence-corrected chi connectivity index (χ2v) is 7.85. The van der Waals surface area contributed by atoms with Gasteiger partial charge in [-0.3, -0.25) is 9.69 Å². The van der Waals surface area contributed by atoms with E-state index in [9.17, 15) is 4.79 Å². The van der Waals surface area contributed by atoms with E-state index in [-0.39, 0.29) is 12.5 Å². The van der Waals surface area contributed by atoms with Crippen molar-refractivity contribution in [2.75, 3.05) is 12.0 Å². The lowest BCUT2D eigenvalue weighted by Crippen LogP contribution is -2.30. The molecule has 0 aliphatic carbocycles. The number of thiocarbonyl (C=S) groups is 1. The number of nitrogens with one attached hydrogen (secondary N) is 1. The van der Waals surface area contributed by atoms with E-state index in [1.165, 1.54) is 4.90 Å². The highest BCUT2D eigenvalue weighted by Gasteiger charge is 2.32. The van der Waals surface area contributed by atoms with Gasteiger partial charge in [0.1, 0.15) is 23.8 Å². The van der Waals surface area contributed by atoms with Gasteiger partial charge in [-0.05, 0) is 84.9 Å². The Morgan fingerprint density at radius 1 is 1.12 bits per heavy atom. The first-order valence-electron chi connectivity index (χ1n) is 10.2. The van der Waals surface area contributed by atoms with Gasteiger partial charge in [0.25, 0.3) is 5.91 Å². The second kappa shape index (κ2) is 9.55. The van der Waals surface area contributed by atoms with E-state index >= 15 is 0 Å². The average molecular weight is 456 g/mol.